The molecular formula is C18H19ClN4O4. The van der Waals surface area contributed by atoms with Crippen LogP contribution in [0.15, 0.2) is 42.5 Å². The number of nitrogens with one attached hydrogen (secondary N) is 2. The molecule has 0 spiro atoms. The molecule has 0 fully saturated rings. The van der Waals surface area contributed by atoms with E-state index in [-0.39, 0.29) is 17.8 Å². The second kappa shape index (κ2) is 9.00. The van der Waals surface area contributed by atoms with Gasteiger partial charge >= 0.3 is 0 Å². The van der Waals surface area contributed by atoms with Crippen LogP contribution < -0.4 is 10.6 Å². The van der Waals surface area contributed by atoms with Gasteiger partial charge in [0.15, 0.2) is 0 Å². The number of nitrogens with zero attached hydrogens (tertiary/aromatic N) is 2. The van der Waals surface area contributed by atoms with E-state index >= 15 is 0 Å². The third-order valence-electron chi connectivity index (χ3n) is 3.68. The smallest absolute Gasteiger partial charge is 0.293 e. The number of carbonyl (C=O) groups is 2. The van der Waals surface area contributed by atoms with Crippen molar-refractivity contribution in [3.8, 4) is 0 Å². The van der Waals surface area contributed by atoms with E-state index in [1.165, 1.54) is 30.1 Å². The molecule has 2 aromatic rings. The molecule has 0 aliphatic carbocycles. The van der Waals surface area contributed by atoms with Gasteiger partial charge in [0.2, 0.25) is 5.91 Å². The van der Waals surface area contributed by atoms with E-state index in [2.05, 4.69) is 10.6 Å². The number of hydrogen-bond donors (Lipinski definition) is 2. The third-order valence-corrected chi connectivity index (χ3v) is 4.01. The van der Waals surface area contributed by atoms with Gasteiger partial charge < -0.3 is 15.5 Å². The summed E-state index contributed by atoms with van der Waals surface area (Å²) in [5.41, 5.74) is 0.696. The lowest BCUT2D eigenvalue weighted by Gasteiger charge is -2.17. The van der Waals surface area contributed by atoms with Crippen molar-refractivity contribution in [2.75, 3.05) is 30.8 Å². The number of nitro benzene ring substituents is 1. The standard InChI is InChI=1S/C18H19ClN4O4/c1-3-20-15-9-8-12(10-16(15)23(26)27)18(25)22(2)11-17(24)21-14-7-5-4-6-13(14)19/h4-10,20H,3,11H2,1-2H3,(H,21,24). The summed E-state index contributed by atoms with van der Waals surface area (Å²) in [5.74, 6) is -0.937. The molecule has 0 saturated heterocycles. The molecule has 0 saturated carbocycles. The molecule has 2 N–H and O–H groups in total. The number of likely N-dealkylation sites (N-methyl/N-ethyl adjacent to an activating group) is 1. The van der Waals surface area contributed by atoms with Crippen LogP contribution in [0.5, 0.6) is 0 Å². The fraction of sp³-hybridized carbons (Fsp3) is 0.222. The molecule has 0 aliphatic heterocycles. The van der Waals surface area contributed by atoms with Gasteiger partial charge in [-0.05, 0) is 31.2 Å². The van der Waals surface area contributed by atoms with Crippen molar-refractivity contribution in [2.24, 2.45) is 0 Å². The van der Waals surface area contributed by atoms with Gasteiger partial charge in [0.25, 0.3) is 11.6 Å². The summed E-state index contributed by atoms with van der Waals surface area (Å²) in [6.45, 7) is 2.09. The number of halogens is 1. The molecule has 0 heterocycles. The first-order valence-corrected chi connectivity index (χ1v) is 8.53. The zero-order valence-corrected chi connectivity index (χ0v) is 15.6. The van der Waals surface area contributed by atoms with Crippen molar-refractivity contribution >= 4 is 40.5 Å². The molecule has 27 heavy (non-hydrogen) atoms. The molecule has 2 aromatic carbocycles. The number of para-hydroxylation sites is 1. The highest BCUT2D eigenvalue weighted by molar-refractivity contribution is 6.33. The minimum atomic E-state index is -0.557. The molecular weight excluding hydrogens is 372 g/mol. The predicted molar refractivity (Wildman–Crippen MR) is 104 cm³/mol. The lowest BCUT2D eigenvalue weighted by Crippen LogP contribution is -2.35. The maximum Gasteiger partial charge on any atom is 0.293 e. The first-order chi connectivity index (χ1) is 12.8. The molecule has 0 atom stereocenters. The zero-order valence-electron chi connectivity index (χ0n) is 14.9. The van der Waals surface area contributed by atoms with Crippen LogP contribution in [0.4, 0.5) is 17.1 Å². The second-order valence-electron chi connectivity index (χ2n) is 5.71. The highest BCUT2D eigenvalue weighted by Crippen LogP contribution is 2.26. The lowest BCUT2D eigenvalue weighted by atomic mass is 10.1. The topological polar surface area (TPSA) is 105 Å². The highest BCUT2D eigenvalue weighted by Gasteiger charge is 2.20. The monoisotopic (exact) mass is 390 g/mol. The van der Waals surface area contributed by atoms with Gasteiger partial charge in [0.1, 0.15) is 5.69 Å². The Morgan fingerprint density at radius 1 is 1.19 bits per heavy atom. The van der Waals surface area contributed by atoms with Crippen molar-refractivity contribution in [2.45, 2.75) is 6.92 Å². The molecule has 2 rings (SSSR count). The zero-order chi connectivity index (χ0) is 20.0. The minimum Gasteiger partial charge on any atom is -0.380 e. The summed E-state index contributed by atoms with van der Waals surface area (Å²) in [6.07, 6.45) is 0. The average Bonchev–Trinajstić information content (AvgIpc) is 2.63. The maximum absolute atomic E-state index is 12.5. The van der Waals surface area contributed by atoms with E-state index in [9.17, 15) is 19.7 Å². The van der Waals surface area contributed by atoms with Crippen LogP contribution in [-0.4, -0.2) is 41.8 Å². The molecule has 0 bridgehead atoms. The fourth-order valence-electron chi connectivity index (χ4n) is 2.42. The van der Waals surface area contributed by atoms with Crippen molar-refractivity contribution < 1.29 is 14.5 Å². The van der Waals surface area contributed by atoms with Crippen molar-refractivity contribution in [1.82, 2.24) is 4.90 Å². The van der Waals surface area contributed by atoms with E-state index in [0.29, 0.717) is 22.9 Å². The van der Waals surface area contributed by atoms with E-state index in [1.807, 2.05) is 6.92 Å². The number of anilines is 2. The Kier molecular flexibility index (Phi) is 6.73. The molecule has 0 radical (unpaired) electrons. The first kappa shape index (κ1) is 20.2. The number of carbonyl (C=O) groups excluding carboxylic acids is 2. The van der Waals surface area contributed by atoms with Crippen molar-refractivity contribution in [1.29, 1.82) is 0 Å². The van der Waals surface area contributed by atoms with E-state index < -0.39 is 16.7 Å². The summed E-state index contributed by atoms with van der Waals surface area (Å²) < 4.78 is 0. The Labute approximate surface area is 161 Å². The largest absolute Gasteiger partial charge is 0.380 e. The summed E-state index contributed by atoms with van der Waals surface area (Å²) in [4.78, 5) is 36.5. The highest BCUT2D eigenvalue weighted by atomic mass is 35.5. The van der Waals surface area contributed by atoms with Crippen LogP contribution in [0.3, 0.4) is 0 Å². The fourth-order valence-corrected chi connectivity index (χ4v) is 2.60. The first-order valence-electron chi connectivity index (χ1n) is 8.15. The van der Waals surface area contributed by atoms with Crippen molar-refractivity contribution in [3.63, 3.8) is 0 Å². The Balaban J connectivity index is 2.10. The Hall–Kier alpha value is -3.13. The molecule has 0 aliphatic rings. The number of rotatable bonds is 7. The summed E-state index contributed by atoms with van der Waals surface area (Å²) >= 11 is 5.99. The number of hydrogen-bond acceptors (Lipinski definition) is 5. The second-order valence-corrected chi connectivity index (χ2v) is 6.12. The van der Waals surface area contributed by atoms with Gasteiger partial charge in [-0.1, -0.05) is 23.7 Å². The molecule has 9 heteroatoms. The van der Waals surface area contributed by atoms with Gasteiger partial charge in [-0.25, -0.2) is 0 Å². The Morgan fingerprint density at radius 3 is 2.52 bits per heavy atom. The quantitative estimate of drug-likeness (QED) is 0.557. The molecule has 2 amide bonds. The summed E-state index contributed by atoms with van der Waals surface area (Å²) in [7, 11) is 1.44. The van der Waals surface area contributed by atoms with E-state index in [1.54, 1.807) is 24.3 Å². The van der Waals surface area contributed by atoms with Gasteiger partial charge in [-0.2, -0.15) is 0 Å². The van der Waals surface area contributed by atoms with Gasteiger partial charge in [0, 0.05) is 25.2 Å². The van der Waals surface area contributed by atoms with E-state index in [4.69, 9.17) is 11.6 Å². The summed E-state index contributed by atoms with van der Waals surface area (Å²) in [6, 6.07) is 10.9. The maximum atomic E-state index is 12.5. The van der Waals surface area contributed by atoms with Crippen LogP contribution in [0, 0.1) is 10.1 Å². The number of nitro groups is 1. The molecule has 142 valence electrons. The molecule has 0 aromatic heterocycles. The van der Waals surface area contributed by atoms with Gasteiger partial charge in [0.05, 0.1) is 22.2 Å². The van der Waals surface area contributed by atoms with Crippen LogP contribution in [-0.2, 0) is 4.79 Å². The normalized spacial score (nSPS) is 10.2. The number of benzene rings is 2. The lowest BCUT2D eigenvalue weighted by molar-refractivity contribution is -0.384. The van der Waals surface area contributed by atoms with Crippen LogP contribution in [0.1, 0.15) is 17.3 Å². The van der Waals surface area contributed by atoms with E-state index in [0.717, 1.165) is 0 Å². The Morgan fingerprint density at radius 2 is 1.89 bits per heavy atom. The average molecular weight is 391 g/mol. The van der Waals surface area contributed by atoms with Crippen molar-refractivity contribution in [3.05, 3.63) is 63.2 Å². The number of amides is 2. The Bertz CT molecular complexity index is 872. The minimum absolute atomic E-state index is 0.122. The summed E-state index contributed by atoms with van der Waals surface area (Å²) in [5, 5.41) is 17.1. The van der Waals surface area contributed by atoms with Gasteiger partial charge in [-0.3, -0.25) is 19.7 Å². The van der Waals surface area contributed by atoms with Crippen LogP contribution >= 0.6 is 11.6 Å². The van der Waals surface area contributed by atoms with Crippen LogP contribution in [0.25, 0.3) is 0 Å². The molecule has 8 nitrogen and oxygen atoms in total. The molecule has 0 unspecified atom stereocenters. The predicted octanol–water partition coefficient (Wildman–Crippen LogP) is 3.39. The van der Waals surface area contributed by atoms with Crippen LogP contribution in [0.2, 0.25) is 5.02 Å². The van der Waals surface area contributed by atoms with Gasteiger partial charge in [-0.15, -0.1) is 0 Å². The SMILES string of the molecule is CCNc1ccc(C(=O)N(C)CC(=O)Nc2ccccc2Cl)cc1[N+](=O)[O-]. The third kappa shape index (κ3) is 5.18.